The van der Waals surface area contributed by atoms with Crippen LogP contribution in [0.15, 0.2) is 11.6 Å². The molecular weight excluding hydrogens is 176 g/mol. The maximum Gasteiger partial charge on any atom is 0.236 e. The van der Waals surface area contributed by atoms with Crippen molar-refractivity contribution in [3.05, 3.63) is 11.6 Å². The standard InChI is InChI=1S/C8H15ClOSi/c1-4-8(2,3)11-10-7-5-6-9/h5-6H,4,7H2,1-3H3/b6-5+. The molecule has 0 aliphatic rings. The third-order valence-corrected chi connectivity index (χ3v) is 2.90. The van der Waals surface area contributed by atoms with Gasteiger partial charge in [-0.1, -0.05) is 38.8 Å². The van der Waals surface area contributed by atoms with Gasteiger partial charge in [0, 0.05) is 5.54 Å². The molecule has 0 aromatic heterocycles. The molecule has 0 fully saturated rings. The summed E-state index contributed by atoms with van der Waals surface area (Å²) in [5.41, 5.74) is 1.49. The van der Waals surface area contributed by atoms with Gasteiger partial charge in [-0.3, -0.25) is 0 Å². The van der Waals surface area contributed by atoms with Crippen molar-refractivity contribution in [1.29, 1.82) is 0 Å². The van der Waals surface area contributed by atoms with Crippen molar-refractivity contribution in [2.75, 3.05) is 6.61 Å². The van der Waals surface area contributed by atoms with Crippen molar-refractivity contribution < 1.29 is 4.43 Å². The van der Waals surface area contributed by atoms with Gasteiger partial charge in [-0.05, 0) is 11.1 Å². The molecule has 3 heteroatoms. The Labute approximate surface area is 76.7 Å². The molecule has 0 heterocycles. The van der Waals surface area contributed by atoms with Gasteiger partial charge in [0.2, 0.25) is 9.76 Å². The highest BCUT2D eigenvalue weighted by molar-refractivity contribution is 6.31. The zero-order valence-electron chi connectivity index (χ0n) is 7.36. The van der Waals surface area contributed by atoms with Gasteiger partial charge in [-0.15, -0.1) is 0 Å². The Hall–Kier alpha value is 0.207. The van der Waals surface area contributed by atoms with E-state index in [1.54, 1.807) is 6.08 Å². The molecule has 0 bridgehead atoms. The van der Waals surface area contributed by atoms with Crippen molar-refractivity contribution >= 4 is 21.4 Å². The van der Waals surface area contributed by atoms with Crippen LogP contribution in [0.5, 0.6) is 0 Å². The van der Waals surface area contributed by atoms with E-state index in [0.717, 1.165) is 6.42 Å². The summed E-state index contributed by atoms with van der Waals surface area (Å²) < 4.78 is 5.39. The predicted octanol–water partition coefficient (Wildman–Crippen LogP) is 2.98. The van der Waals surface area contributed by atoms with E-state index in [4.69, 9.17) is 16.0 Å². The van der Waals surface area contributed by atoms with Gasteiger partial charge < -0.3 is 4.43 Å². The fraction of sp³-hybridized carbons (Fsp3) is 0.750. The van der Waals surface area contributed by atoms with Gasteiger partial charge in [-0.2, -0.15) is 0 Å². The van der Waals surface area contributed by atoms with Crippen LogP contribution in [0.4, 0.5) is 0 Å². The van der Waals surface area contributed by atoms with Crippen LogP contribution in [0.1, 0.15) is 27.2 Å². The molecule has 0 aromatic rings. The third kappa shape index (κ3) is 6.60. The van der Waals surface area contributed by atoms with E-state index < -0.39 is 0 Å². The molecule has 0 rings (SSSR count). The van der Waals surface area contributed by atoms with E-state index in [1.807, 2.05) is 0 Å². The van der Waals surface area contributed by atoms with Crippen LogP contribution in [0.3, 0.4) is 0 Å². The first kappa shape index (κ1) is 11.2. The monoisotopic (exact) mass is 190 g/mol. The first-order chi connectivity index (χ1) is 5.12. The van der Waals surface area contributed by atoms with Crippen LogP contribution >= 0.6 is 11.6 Å². The number of hydrogen-bond acceptors (Lipinski definition) is 1. The zero-order valence-corrected chi connectivity index (χ0v) is 9.11. The molecule has 64 valence electrons. The molecule has 11 heavy (non-hydrogen) atoms. The summed E-state index contributed by atoms with van der Waals surface area (Å²) in [6.45, 7) is 7.21. The Morgan fingerprint density at radius 3 is 2.64 bits per heavy atom. The van der Waals surface area contributed by atoms with E-state index in [2.05, 4.69) is 20.8 Å². The Morgan fingerprint density at radius 2 is 2.18 bits per heavy atom. The molecule has 2 radical (unpaired) electrons. The van der Waals surface area contributed by atoms with Crippen LogP contribution in [0, 0.1) is 0 Å². The SMILES string of the molecule is CCC(C)(C)[Si]OC/C=C/Cl. The molecule has 0 saturated carbocycles. The Morgan fingerprint density at radius 1 is 1.55 bits per heavy atom. The number of hydrogen-bond donors (Lipinski definition) is 0. The van der Waals surface area contributed by atoms with Crippen molar-refractivity contribution in [1.82, 2.24) is 0 Å². The van der Waals surface area contributed by atoms with Crippen LogP contribution in [0.2, 0.25) is 5.04 Å². The Kier molecular flexibility index (Phi) is 5.92. The smallest absolute Gasteiger partial charge is 0.236 e. The van der Waals surface area contributed by atoms with Gasteiger partial charge in [0.15, 0.2) is 0 Å². The van der Waals surface area contributed by atoms with E-state index in [9.17, 15) is 0 Å². The topological polar surface area (TPSA) is 9.23 Å². The molecule has 0 aliphatic heterocycles. The third-order valence-electron chi connectivity index (χ3n) is 1.50. The Balaban J connectivity index is 3.37. The van der Waals surface area contributed by atoms with Crippen molar-refractivity contribution in [3.8, 4) is 0 Å². The second-order valence-electron chi connectivity index (χ2n) is 3.01. The van der Waals surface area contributed by atoms with Gasteiger partial charge >= 0.3 is 0 Å². The highest BCUT2D eigenvalue weighted by atomic mass is 35.5. The molecule has 0 amide bonds. The summed E-state index contributed by atoms with van der Waals surface area (Å²) in [4.78, 5) is 0. The molecule has 0 spiro atoms. The first-order valence-electron chi connectivity index (χ1n) is 3.76. The average molecular weight is 191 g/mol. The maximum atomic E-state index is 5.39. The molecule has 0 aliphatic carbocycles. The quantitative estimate of drug-likeness (QED) is 0.479. The minimum atomic E-state index is 0.320. The van der Waals surface area contributed by atoms with Crippen LogP contribution in [-0.2, 0) is 4.43 Å². The van der Waals surface area contributed by atoms with E-state index in [-0.39, 0.29) is 0 Å². The van der Waals surface area contributed by atoms with E-state index in [1.165, 1.54) is 5.54 Å². The molecule has 0 saturated heterocycles. The van der Waals surface area contributed by atoms with Crippen molar-refractivity contribution in [2.24, 2.45) is 0 Å². The normalized spacial score (nSPS) is 12.7. The summed E-state index contributed by atoms with van der Waals surface area (Å²) in [6, 6.07) is 0. The van der Waals surface area contributed by atoms with E-state index >= 15 is 0 Å². The number of halogens is 1. The van der Waals surface area contributed by atoms with Gasteiger partial charge in [0.25, 0.3) is 0 Å². The van der Waals surface area contributed by atoms with Crippen LogP contribution in [-0.4, -0.2) is 16.4 Å². The van der Waals surface area contributed by atoms with Crippen LogP contribution in [0.25, 0.3) is 0 Å². The summed E-state index contributed by atoms with van der Waals surface area (Å²) in [5, 5.41) is 0.320. The van der Waals surface area contributed by atoms with E-state index in [0.29, 0.717) is 21.4 Å². The lowest BCUT2D eigenvalue weighted by atomic mass is 10.1. The predicted molar refractivity (Wildman–Crippen MR) is 51.0 cm³/mol. The molecular formula is C8H15ClOSi. The molecule has 0 N–H and O–H groups in total. The lowest BCUT2D eigenvalue weighted by molar-refractivity contribution is 0.359. The minimum absolute atomic E-state index is 0.320. The molecule has 1 nitrogen and oxygen atoms in total. The second kappa shape index (κ2) is 5.81. The average Bonchev–Trinajstić information content (AvgIpc) is 1.99. The highest BCUT2D eigenvalue weighted by Crippen LogP contribution is 2.26. The summed E-state index contributed by atoms with van der Waals surface area (Å²) >= 11 is 5.33. The summed E-state index contributed by atoms with van der Waals surface area (Å²) in [6.07, 6.45) is 2.95. The maximum absolute atomic E-state index is 5.39. The fourth-order valence-electron chi connectivity index (χ4n) is 0.394. The summed E-state index contributed by atoms with van der Waals surface area (Å²) in [5.74, 6) is 0. The molecule has 0 aromatic carbocycles. The van der Waals surface area contributed by atoms with Crippen molar-refractivity contribution in [2.45, 2.75) is 32.2 Å². The van der Waals surface area contributed by atoms with Crippen LogP contribution < -0.4 is 0 Å². The lowest BCUT2D eigenvalue weighted by Gasteiger charge is -2.19. The first-order valence-corrected chi connectivity index (χ1v) is 5.11. The highest BCUT2D eigenvalue weighted by Gasteiger charge is 2.16. The lowest BCUT2D eigenvalue weighted by Crippen LogP contribution is -2.15. The number of rotatable bonds is 5. The second-order valence-corrected chi connectivity index (χ2v) is 5.11. The molecule has 0 atom stereocenters. The van der Waals surface area contributed by atoms with Crippen molar-refractivity contribution in [3.63, 3.8) is 0 Å². The fourth-order valence-corrected chi connectivity index (χ4v) is 1.18. The van der Waals surface area contributed by atoms with Gasteiger partial charge in [0.1, 0.15) is 0 Å². The molecule has 0 unspecified atom stereocenters. The van der Waals surface area contributed by atoms with Gasteiger partial charge in [0.05, 0.1) is 6.61 Å². The largest absolute Gasteiger partial charge is 0.413 e. The summed E-state index contributed by atoms with van der Waals surface area (Å²) in [7, 11) is 0.559. The minimum Gasteiger partial charge on any atom is -0.413 e. The van der Waals surface area contributed by atoms with Gasteiger partial charge in [-0.25, -0.2) is 0 Å². The Bertz CT molecular complexity index is 123. The zero-order chi connectivity index (χ0) is 8.74.